The third kappa shape index (κ3) is 7.01. The average molecular weight is 474 g/mol. The first kappa shape index (κ1) is 22.5. The van der Waals surface area contributed by atoms with Gasteiger partial charge in [-0.1, -0.05) is 12.1 Å². The molecule has 1 aliphatic heterocycles. The second kappa shape index (κ2) is 12.0. The highest BCUT2D eigenvalue weighted by molar-refractivity contribution is 14.0. The molecule has 0 aromatic heterocycles. The number of hydrogen-bond acceptors (Lipinski definition) is 3. The van der Waals surface area contributed by atoms with Gasteiger partial charge in [0.05, 0.1) is 6.61 Å². The molecule has 146 valence electrons. The predicted octanol–water partition coefficient (Wildman–Crippen LogP) is 2.63. The normalized spacial score (nSPS) is 15.2. The van der Waals surface area contributed by atoms with Crippen LogP contribution in [0.15, 0.2) is 29.3 Å². The first-order valence-electron chi connectivity index (χ1n) is 9.04. The number of piperidine rings is 1. The fourth-order valence-corrected chi connectivity index (χ4v) is 3.14. The van der Waals surface area contributed by atoms with Crippen molar-refractivity contribution in [2.24, 2.45) is 10.9 Å². The third-order valence-electron chi connectivity index (χ3n) is 4.54. The summed E-state index contributed by atoms with van der Waals surface area (Å²) in [5.74, 6) is 2.42. The summed E-state index contributed by atoms with van der Waals surface area (Å²) in [6.07, 6.45) is 2.67. The molecule has 26 heavy (non-hydrogen) atoms. The van der Waals surface area contributed by atoms with Crippen molar-refractivity contribution < 1.29 is 9.53 Å². The minimum atomic E-state index is 0. The number of guanidine groups is 1. The minimum Gasteiger partial charge on any atom is -0.494 e. The zero-order valence-electron chi connectivity index (χ0n) is 16.0. The molecule has 6 nitrogen and oxygen atoms in total. The Kier molecular flexibility index (Phi) is 10.4. The molecule has 1 fully saturated rings. The van der Waals surface area contributed by atoms with E-state index in [2.05, 4.69) is 32.7 Å². The molecule has 2 rings (SSSR count). The van der Waals surface area contributed by atoms with E-state index in [-0.39, 0.29) is 29.9 Å². The number of carbonyl (C=O) groups excluding carboxylic acids is 1. The van der Waals surface area contributed by atoms with Gasteiger partial charge in [0.2, 0.25) is 5.91 Å². The summed E-state index contributed by atoms with van der Waals surface area (Å²) in [4.78, 5) is 18.2. The Labute approximate surface area is 173 Å². The summed E-state index contributed by atoms with van der Waals surface area (Å²) in [7, 11) is 3.51. The Morgan fingerprint density at radius 2 is 2.08 bits per heavy atom. The monoisotopic (exact) mass is 474 g/mol. The standard InChI is InChI=1S/C19H30N4O2.HI/c1-4-25-17-7-5-6-16(12-17)14-22-19(21-3)23-10-8-15(9-11-23)13-18(24)20-2;/h5-7,12,15H,4,8-11,13-14H2,1-3H3,(H,20,24)(H,21,22);1H. The highest BCUT2D eigenvalue weighted by atomic mass is 127. The van der Waals surface area contributed by atoms with Crippen molar-refractivity contribution in [3.8, 4) is 5.75 Å². The molecule has 1 saturated heterocycles. The first-order chi connectivity index (χ1) is 12.2. The first-order valence-corrected chi connectivity index (χ1v) is 9.04. The molecule has 2 N–H and O–H groups in total. The Morgan fingerprint density at radius 1 is 1.35 bits per heavy atom. The van der Waals surface area contributed by atoms with Crippen LogP contribution in [-0.2, 0) is 11.3 Å². The van der Waals surface area contributed by atoms with Crippen molar-refractivity contribution in [2.45, 2.75) is 32.7 Å². The molecule has 0 saturated carbocycles. The number of nitrogens with zero attached hydrogens (tertiary/aromatic N) is 2. The second-order valence-electron chi connectivity index (χ2n) is 6.29. The largest absolute Gasteiger partial charge is 0.494 e. The molecular formula is C19H31IN4O2. The van der Waals surface area contributed by atoms with E-state index in [9.17, 15) is 4.79 Å². The van der Waals surface area contributed by atoms with Gasteiger partial charge in [-0.25, -0.2) is 0 Å². The number of hydrogen-bond donors (Lipinski definition) is 2. The lowest BCUT2D eigenvalue weighted by atomic mass is 9.93. The van der Waals surface area contributed by atoms with E-state index in [4.69, 9.17) is 4.74 Å². The maximum Gasteiger partial charge on any atom is 0.220 e. The molecule has 1 aromatic carbocycles. The van der Waals surface area contributed by atoms with Crippen LogP contribution < -0.4 is 15.4 Å². The smallest absolute Gasteiger partial charge is 0.220 e. The lowest BCUT2D eigenvalue weighted by molar-refractivity contribution is -0.121. The van der Waals surface area contributed by atoms with E-state index in [1.54, 1.807) is 7.05 Å². The molecule has 0 unspecified atom stereocenters. The SMILES string of the molecule is CCOc1cccc(CNC(=NC)N2CCC(CC(=O)NC)CC2)c1.I. The van der Waals surface area contributed by atoms with Crippen LogP contribution in [0.25, 0.3) is 0 Å². The molecule has 0 atom stereocenters. The Bertz CT molecular complexity index is 587. The maximum atomic E-state index is 11.5. The van der Waals surface area contributed by atoms with E-state index in [1.165, 1.54) is 5.56 Å². The number of rotatable bonds is 6. The molecule has 1 amide bonds. The van der Waals surface area contributed by atoms with Gasteiger partial charge < -0.3 is 20.3 Å². The lowest BCUT2D eigenvalue weighted by Gasteiger charge is -2.34. The summed E-state index contributed by atoms with van der Waals surface area (Å²) < 4.78 is 5.55. The number of amides is 1. The average Bonchev–Trinajstić information content (AvgIpc) is 2.64. The number of halogens is 1. The molecule has 0 bridgehead atoms. The van der Waals surface area contributed by atoms with Crippen molar-refractivity contribution in [1.82, 2.24) is 15.5 Å². The fraction of sp³-hybridized carbons (Fsp3) is 0.579. The highest BCUT2D eigenvalue weighted by Gasteiger charge is 2.22. The van der Waals surface area contributed by atoms with Crippen molar-refractivity contribution in [3.05, 3.63) is 29.8 Å². The summed E-state index contributed by atoms with van der Waals surface area (Å²) in [5, 5.41) is 6.14. The Balaban J connectivity index is 0.00000338. The van der Waals surface area contributed by atoms with Crippen LogP contribution in [0.5, 0.6) is 5.75 Å². The highest BCUT2D eigenvalue weighted by Crippen LogP contribution is 2.20. The van der Waals surface area contributed by atoms with Crippen LogP contribution in [0.3, 0.4) is 0 Å². The fourth-order valence-electron chi connectivity index (χ4n) is 3.14. The molecular weight excluding hydrogens is 443 g/mol. The molecule has 0 radical (unpaired) electrons. The molecule has 1 aliphatic rings. The summed E-state index contributed by atoms with van der Waals surface area (Å²) in [6, 6.07) is 8.12. The summed E-state index contributed by atoms with van der Waals surface area (Å²) in [6.45, 7) is 5.23. The number of aliphatic imine (C=N–C) groups is 1. The molecule has 1 heterocycles. The van der Waals surface area contributed by atoms with Crippen molar-refractivity contribution in [3.63, 3.8) is 0 Å². The van der Waals surface area contributed by atoms with Crippen molar-refractivity contribution in [1.29, 1.82) is 0 Å². The second-order valence-corrected chi connectivity index (χ2v) is 6.29. The Morgan fingerprint density at radius 3 is 2.69 bits per heavy atom. The molecule has 0 aliphatic carbocycles. The van der Waals surface area contributed by atoms with E-state index in [0.717, 1.165) is 37.6 Å². The molecule has 1 aromatic rings. The van der Waals surface area contributed by atoms with Gasteiger partial charge in [0.1, 0.15) is 5.75 Å². The van der Waals surface area contributed by atoms with E-state index >= 15 is 0 Å². The predicted molar refractivity (Wildman–Crippen MR) is 116 cm³/mol. The maximum absolute atomic E-state index is 11.5. The number of carbonyl (C=O) groups is 1. The van der Waals surface area contributed by atoms with Crippen molar-refractivity contribution in [2.75, 3.05) is 33.8 Å². The number of ether oxygens (including phenoxy) is 1. The van der Waals surface area contributed by atoms with Crippen LogP contribution in [0, 0.1) is 5.92 Å². The van der Waals surface area contributed by atoms with Gasteiger partial charge in [-0.05, 0) is 43.4 Å². The minimum absolute atomic E-state index is 0. The van der Waals surface area contributed by atoms with E-state index in [1.807, 2.05) is 26.1 Å². The lowest BCUT2D eigenvalue weighted by Crippen LogP contribution is -2.45. The van der Waals surface area contributed by atoms with Gasteiger partial charge in [-0.3, -0.25) is 9.79 Å². The van der Waals surface area contributed by atoms with Crippen LogP contribution in [0.2, 0.25) is 0 Å². The van der Waals surface area contributed by atoms with Gasteiger partial charge in [-0.2, -0.15) is 0 Å². The van der Waals surface area contributed by atoms with Crippen molar-refractivity contribution >= 4 is 35.8 Å². The topological polar surface area (TPSA) is 66.0 Å². The van der Waals surface area contributed by atoms with Crippen LogP contribution >= 0.6 is 24.0 Å². The quantitative estimate of drug-likeness (QED) is 0.378. The van der Waals surface area contributed by atoms with Crippen LogP contribution in [0.1, 0.15) is 31.7 Å². The van der Waals surface area contributed by atoms with Gasteiger partial charge in [0.15, 0.2) is 5.96 Å². The van der Waals surface area contributed by atoms with E-state index < -0.39 is 0 Å². The zero-order valence-corrected chi connectivity index (χ0v) is 18.3. The van der Waals surface area contributed by atoms with Crippen LogP contribution in [0.4, 0.5) is 0 Å². The van der Waals surface area contributed by atoms with Gasteiger partial charge in [0.25, 0.3) is 0 Å². The zero-order chi connectivity index (χ0) is 18.1. The van der Waals surface area contributed by atoms with E-state index in [0.29, 0.717) is 25.5 Å². The number of likely N-dealkylation sites (tertiary alicyclic amines) is 1. The summed E-state index contributed by atoms with van der Waals surface area (Å²) in [5.41, 5.74) is 1.17. The van der Waals surface area contributed by atoms with Gasteiger partial charge in [-0.15, -0.1) is 24.0 Å². The Hall–Kier alpha value is -1.51. The number of nitrogens with one attached hydrogen (secondary N) is 2. The third-order valence-corrected chi connectivity index (χ3v) is 4.54. The molecule has 7 heteroatoms. The summed E-state index contributed by atoms with van der Waals surface area (Å²) >= 11 is 0. The van der Waals surface area contributed by atoms with Crippen LogP contribution in [-0.4, -0.2) is 50.6 Å². The molecule has 0 spiro atoms. The van der Waals surface area contributed by atoms with Gasteiger partial charge in [0, 0.05) is 40.2 Å². The van der Waals surface area contributed by atoms with Gasteiger partial charge >= 0.3 is 0 Å². The number of benzene rings is 1.